The Morgan fingerprint density at radius 2 is 1.85 bits per heavy atom. The molecule has 0 fully saturated rings. The first kappa shape index (κ1) is 14.2. The molecule has 1 heterocycles. The molecule has 0 unspecified atom stereocenters. The second-order valence-corrected chi connectivity index (χ2v) is 4.79. The van der Waals surface area contributed by atoms with Crippen LogP contribution in [0.4, 0.5) is 14.6 Å². The van der Waals surface area contributed by atoms with Crippen LogP contribution in [0, 0.1) is 18.6 Å². The number of aromatic nitrogens is 1. The molecule has 1 aromatic heterocycles. The summed E-state index contributed by atoms with van der Waals surface area (Å²) in [7, 11) is 1.88. The normalized spacial score (nSPS) is 10.4. The molecule has 20 heavy (non-hydrogen) atoms. The van der Waals surface area contributed by atoms with Crippen molar-refractivity contribution in [3.05, 3.63) is 59.9 Å². The zero-order chi connectivity index (χ0) is 14.9. The van der Waals surface area contributed by atoms with E-state index in [-0.39, 0.29) is 0 Å². The molecule has 0 bridgehead atoms. The molecule has 1 aromatic carbocycles. The van der Waals surface area contributed by atoms with Crippen LogP contribution in [0.1, 0.15) is 12.5 Å². The molecule has 0 aliphatic rings. The Labute approximate surface area is 117 Å². The van der Waals surface area contributed by atoms with Crippen LogP contribution in [-0.2, 0) is 0 Å². The van der Waals surface area contributed by atoms with Crippen molar-refractivity contribution in [1.82, 2.24) is 4.98 Å². The largest absolute Gasteiger partial charge is 0.334 e. The predicted molar refractivity (Wildman–Crippen MR) is 77.5 cm³/mol. The van der Waals surface area contributed by atoms with Crippen LogP contribution in [0.25, 0.3) is 11.1 Å². The molecule has 2 aromatic rings. The van der Waals surface area contributed by atoms with Gasteiger partial charge < -0.3 is 4.90 Å². The van der Waals surface area contributed by atoms with Crippen LogP contribution >= 0.6 is 0 Å². The van der Waals surface area contributed by atoms with Gasteiger partial charge in [0.2, 0.25) is 0 Å². The maximum atomic E-state index is 13.3. The smallest absolute Gasteiger partial charge is 0.159 e. The summed E-state index contributed by atoms with van der Waals surface area (Å²) in [6, 6.07) is 5.73. The lowest BCUT2D eigenvalue weighted by atomic mass is 10.1. The number of pyridine rings is 1. The summed E-state index contributed by atoms with van der Waals surface area (Å²) < 4.78 is 26.2. The van der Waals surface area contributed by atoms with E-state index >= 15 is 0 Å². The number of nitrogens with zero attached hydrogens (tertiary/aromatic N) is 2. The Morgan fingerprint density at radius 1 is 1.15 bits per heavy atom. The average molecular weight is 274 g/mol. The minimum Gasteiger partial charge on any atom is -0.334 e. The lowest BCUT2D eigenvalue weighted by Gasteiger charge is -2.20. The molecule has 2 nitrogen and oxygen atoms in total. The minimum absolute atomic E-state index is 0.601. The zero-order valence-corrected chi connectivity index (χ0v) is 11.7. The van der Waals surface area contributed by atoms with Crippen LogP contribution in [0.3, 0.4) is 0 Å². The van der Waals surface area contributed by atoms with Crippen molar-refractivity contribution in [2.45, 2.75) is 13.8 Å². The number of aryl methyl sites for hydroxylation is 1. The number of allylic oxidation sites excluding steroid dienone is 1. The summed E-state index contributed by atoms with van der Waals surface area (Å²) in [4.78, 5) is 6.26. The Balaban J connectivity index is 2.42. The van der Waals surface area contributed by atoms with Crippen molar-refractivity contribution in [2.75, 3.05) is 11.9 Å². The Morgan fingerprint density at radius 3 is 2.40 bits per heavy atom. The molecular formula is C16H16F2N2. The summed E-state index contributed by atoms with van der Waals surface area (Å²) in [5, 5.41) is 0. The maximum Gasteiger partial charge on any atom is 0.159 e. The van der Waals surface area contributed by atoms with E-state index in [1.165, 1.54) is 12.1 Å². The van der Waals surface area contributed by atoms with Gasteiger partial charge in [0.1, 0.15) is 5.82 Å². The number of hydrogen-bond acceptors (Lipinski definition) is 2. The fourth-order valence-corrected chi connectivity index (χ4v) is 1.93. The van der Waals surface area contributed by atoms with Crippen molar-refractivity contribution in [3.8, 4) is 11.1 Å². The van der Waals surface area contributed by atoms with Gasteiger partial charge in [0.05, 0.1) is 0 Å². The molecule has 2 rings (SSSR count). The predicted octanol–water partition coefficient (Wildman–Crippen LogP) is 4.31. The standard InChI is InChI=1S/C16H16F2N2/c1-10(2)20(4)16-11(3)7-13(9-19-16)12-5-6-14(17)15(18)8-12/h5-9H,1H2,2-4H3. The van der Waals surface area contributed by atoms with Gasteiger partial charge in [-0.2, -0.15) is 0 Å². The van der Waals surface area contributed by atoms with Crippen LogP contribution in [0.2, 0.25) is 0 Å². The summed E-state index contributed by atoms with van der Waals surface area (Å²) in [5.74, 6) is -0.913. The van der Waals surface area contributed by atoms with E-state index in [0.29, 0.717) is 5.56 Å². The zero-order valence-electron chi connectivity index (χ0n) is 11.7. The van der Waals surface area contributed by atoms with Gasteiger partial charge in [0, 0.05) is 24.5 Å². The number of halogens is 2. The maximum absolute atomic E-state index is 13.3. The molecule has 0 radical (unpaired) electrons. The molecule has 4 heteroatoms. The fourth-order valence-electron chi connectivity index (χ4n) is 1.93. The van der Waals surface area contributed by atoms with Crippen molar-refractivity contribution in [3.63, 3.8) is 0 Å². The molecule has 0 atom stereocenters. The lowest BCUT2D eigenvalue weighted by molar-refractivity contribution is 0.509. The quantitative estimate of drug-likeness (QED) is 0.829. The first-order valence-corrected chi connectivity index (χ1v) is 6.21. The van der Waals surface area contributed by atoms with Gasteiger partial charge in [-0.15, -0.1) is 0 Å². The molecular weight excluding hydrogens is 258 g/mol. The highest BCUT2D eigenvalue weighted by molar-refractivity contribution is 5.66. The number of rotatable bonds is 3. The third-order valence-corrected chi connectivity index (χ3v) is 3.19. The molecule has 0 spiro atoms. The molecule has 0 amide bonds. The van der Waals surface area contributed by atoms with E-state index in [9.17, 15) is 8.78 Å². The van der Waals surface area contributed by atoms with E-state index < -0.39 is 11.6 Å². The molecule has 0 aliphatic heterocycles. The van der Waals surface area contributed by atoms with Gasteiger partial charge in [0.15, 0.2) is 11.6 Å². The van der Waals surface area contributed by atoms with Crippen molar-refractivity contribution >= 4 is 5.82 Å². The van der Waals surface area contributed by atoms with E-state index in [1.807, 2.05) is 31.9 Å². The summed E-state index contributed by atoms with van der Waals surface area (Å²) in [5.41, 5.74) is 3.17. The first-order valence-electron chi connectivity index (χ1n) is 6.21. The third kappa shape index (κ3) is 2.69. The highest BCUT2D eigenvalue weighted by Gasteiger charge is 2.10. The molecule has 0 saturated heterocycles. The summed E-state index contributed by atoms with van der Waals surface area (Å²) >= 11 is 0. The van der Waals surface area contributed by atoms with Crippen LogP contribution in [0.15, 0.2) is 42.7 Å². The van der Waals surface area contributed by atoms with Gasteiger partial charge in [-0.25, -0.2) is 13.8 Å². The van der Waals surface area contributed by atoms with Crippen LogP contribution in [-0.4, -0.2) is 12.0 Å². The van der Waals surface area contributed by atoms with Crippen molar-refractivity contribution in [2.24, 2.45) is 0 Å². The second-order valence-electron chi connectivity index (χ2n) is 4.79. The third-order valence-electron chi connectivity index (χ3n) is 3.19. The lowest BCUT2D eigenvalue weighted by Crippen LogP contribution is -2.15. The number of hydrogen-bond donors (Lipinski definition) is 0. The van der Waals surface area contributed by atoms with E-state index in [1.54, 1.807) is 6.20 Å². The summed E-state index contributed by atoms with van der Waals surface area (Å²) in [6.45, 7) is 7.68. The Bertz CT molecular complexity index is 666. The van der Waals surface area contributed by atoms with E-state index in [4.69, 9.17) is 0 Å². The monoisotopic (exact) mass is 274 g/mol. The summed E-state index contributed by atoms with van der Waals surface area (Å²) in [6.07, 6.45) is 1.65. The van der Waals surface area contributed by atoms with Gasteiger partial charge in [-0.3, -0.25) is 0 Å². The molecule has 0 aliphatic carbocycles. The Hall–Kier alpha value is -2.23. The van der Waals surface area contributed by atoms with Gasteiger partial charge in [0.25, 0.3) is 0 Å². The van der Waals surface area contributed by atoms with E-state index in [2.05, 4.69) is 11.6 Å². The van der Waals surface area contributed by atoms with Crippen molar-refractivity contribution < 1.29 is 8.78 Å². The number of anilines is 1. The van der Waals surface area contributed by atoms with Crippen LogP contribution in [0.5, 0.6) is 0 Å². The highest BCUT2D eigenvalue weighted by Crippen LogP contribution is 2.26. The van der Waals surface area contributed by atoms with Crippen LogP contribution < -0.4 is 4.90 Å². The highest BCUT2D eigenvalue weighted by atomic mass is 19.2. The van der Waals surface area contributed by atoms with Gasteiger partial charge >= 0.3 is 0 Å². The SMILES string of the molecule is C=C(C)N(C)c1ncc(-c2ccc(F)c(F)c2)cc1C. The van der Waals surface area contributed by atoms with E-state index in [0.717, 1.165) is 28.7 Å². The minimum atomic E-state index is -0.858. The van der Waals surface area contributed by atoms with Crippen molar-refractivity contribution in [1.29, 1.82) is 0 Å². The first-order chi connectivity index (χ1) is 9.40. The second kappa shape index (κ2) is 5.41. The topological polar surface area (TPSA) is 16.1 Å². The average Bonchev–Trinajstić information content (AvgIpc) is 2.41. The molecule has 0 N–H and O–H groups in total. The van der Waals surface area contributed by atoms with Gasteiger partial charge in [-0.1, -0.05) is 12.6 Å². The number of benzene rings is 1. The fraction of sp³-hybridized carbons (Fsp3) is 0.188. The van der Waals surface area contributed by atoms with Gasteiger partial charge in [-0.05, 0) is 43.2 Å². The molecule has 104 valence electrons. The molecule has 0 saturated carbocycles. The Kier molecular flexibility index (Phi) is 3.84.